The predicted octanol–water partition coefficient (Wildman–Crippen LogP) is 3.61. The number of aryl methyl sites for hydroxylation is 1. The number of aromatic nitrogens is 1. The summed E-state index contributed by atoms with van der Waals surface area (Å²) in [6, 6.07) is 15.9. The molecule has 1 aromatic heterocycles. The Morgan fingerprint density at radius 3 is 2.50 bits per heavy atom. The van der Waals surface area contributed by atoms with Gasteiger partial charge >= 0.3 is 0 Å². The Kier molecular flexibility index (Phi) is 3.62. The van der Waals surface area contributed by atoms with Crippen LogP contribution in [0.5, 0.6) is 5.75 Å². The number of hydrogen-bond donors (Lipinski definition) is 2. The molecule has 0 aliphatic carbocycles. The lowest BCUT2D eigenvalue weighted by Crippen LogP contribution is -2.13. The highest BCUT2D eigenvalue weighted by Crippen LogP contribution is 2.27. The molecule has 0 fully saturated rings. The van der Waals surface area contributed by atoms with Gasteiger partial charge in [0, 0.05) is 5.56 Å². The van der Waals surface area contributed by atoms with Crippen molar-refractivity contribution in [2.24, 2.45) is 0 Å². The third-order valence-electron chi connectivity index (χ3n) is 3.29. The summed E-state index contributed by atoms with van der Waals surface area (Å²) >= 11 is 0. The lowest BCUT2D eigenvalue weighted by molar-refractivity contribution is 0.102. The van der Waals surface area contributed by atoms with Gasteiger partial charge in [0.1, 0.15) is 22.8 Å². The molecule has 110 valence electrons. The summed E-state index contributed by atoms with van der Waals surface area (Å²) in [7, 11) is 0. The molecule has 0 unspecified atom stereocenters. The second-order valence-electron chi connectivity index (χ2n) is 4.80. The van der Waals surface area contributed by atoms with Gasteiger partial charge < -0.3 is 14.9 Å². The largest absolute Gasteiger partial charge is 0.506 e. The number of carbonyl (C=O) groups excluding carboxylic acids is 1. The highest BCUT2D eigenvalue weighted by Gasteiger charge is 2.22. The molecule has 0 atom stereocenters. The van der Waals surface area contributed by atoms with Gasteiger partial charge in [-0.25, -0.2) is 0 Å². The summed E-state index contributed by atoms with van der Waals surface area (Å²) in [5.74, 6) is 0.0529. The summed E-state index contributed by atoms with van der Waals surface area (Å²) in [6.07, 6.45) is 0. The number of rotatable bonds is 3. The van der Waals surface area contributed by atoms with Crippen LogP contribution in [0.1, 0.15) is 16.1 Å². The van der Waals surface area contributed by atoms with E-state index in [4.69, 9.17) is 4.52 Å². The predicted molar refractivity (Wildman–Crippen MR) is 82.7 cm³/mol. The molecule has 1 amide bonds. The maximum absolute atomic E-state index is 12.5. The fourth-order valence-corrected chi connectivity index (χ4v) is 2.20. The van der Waals surface area contributed by atoms with Gasteiger partial charge in [-0.1, -0.05) is 47.6 Å². The Hall–Kier alpha value is -3.08. The Bertz CT molecular complexity index is 810. The van der Waals surface area contributed by atoms with Crippen molar-refractivity contribution in [1.82, 2.24) is 5.16 Å². The van der Waals surface area contributed by atoms with Crippen LogP contribution in [0.25, 0.3) is 11.3 Å². The normalized spacial score (nSPS) is 10.4. The van der Waals surface area contributed by atoms with Gasteiger partial charge in [-0.15, -0.1) is 0 Å². The molecular weight excluding hydrogens is 280 g/mol. The SMILES string of the molecule is Cc1onc(-c2ccccc2)c1C(=O)Nc1ccccc1O. The van der Waals surface area contributed by atoms with Gasteiger partial charge in [0.2, 0.25) is 0 Å². The molecule has 0 spiro atoms. The van der Waals surface area contributed by atoms with Gasteiger partial charge in [0.15, 0.2) is 0 Å². The standard InChI is InChI=1S/C17H14N2O3/c1-11-15(16(19-22-11)12-7-3-2-4-8-12)17(21)18-13-9-5-6-10-14(13)20/h2-10,20H,1H3,(H,18,21). The van der Waals surface area contributed by atoms with E-state index in [1.54, 1.807) is 25.1 Å². The average Bonchev–Trinajstić information content (AvgIpc) is 2.92. The van der Waals surface area contributed by atoms with Crippen molar-refractivity contribution >= 4 is 11.6 Å². The second-order valence-corrected chi connectivity index (χ2v) is 4.80. The Labute approximate surface area is 127 Å². The maximum Gasteiger partial charge on any atom is 0.261 e. The number of anilines is 1. The van der Waals surface area contributed by atoms with Gasteiger partial charge in [0.05, 0.1) is 5.69 Å². The van der Waals surface area contributed by atoms with Crippen LogP contribution < -0.4 is 5.32 Å². The third kappa shape index (κ3) is 2.56. The minimum atomic E-state index is -0.376. The molecule has 5 nitrogen and oxygen atoms in total. The number of amides is 1. The summed E-state index contributed by atoms with van der Waals surface area (Å²) in [4.78, 5) is 12.5. The molecule has 0 aliphatic heterocycles. The number of para-hydroxylation sites is 2. The van der Waals surface area contributed by atoms with Crippen molar-refractivity contribution in [3.63, 3.8) is 0 Å². The molecule has 0 radical (unpaired) electrons. The van der Waals surface area contributed by atoms with E-state index in [2.05, 4.69) is 10.5 Å². The van der Waals surface area contributed by atoms with E-state index < -0.39 is 0 Å². The number of nitrogens with one attached hydrogen (secondary N) is 1. The monoisotopic (exact) mass is 294 g/mol. The minimum absolute atomic E-state index is 0.00576. The number of hydrogen-bond acceptors (Lipinski definition) is 4. The van der Waals surface area contributed by atoms with Crippen molar-refractivity contribution < 1.29 is 14.4 Å². The zero-order valence-corrected chi connectivity index (χ0v) is 11.9. The van der Waals surface area contributed by atoms with Crippen LogP contribution >= 0.6 is 0 Å². The number of carbonyl (C=O) groups is 1. The molecule has 0 saturated heterocycles. The fraction of sp³-hybridized carbons (Fsp3) is 0.0588. The number of phenolic OH excluding ortho intramolecular Hbond substituents is 1. The van der Waals surface area contributed by atoms with Crippen LogP contribution in [0.15, 0.2) is 59.1 Å². The number of benzene rings is 2. The highest BCUT2D eigenvalue weighted by atomic mass is 16.5. The molecule has 0 saturated carbocycles. The first-order chi connectivity index (χ1) is 10.7. The quantitative estimate of drug-likeness (QED) is 0.724. The molecule has 0 bridgehead atoms. The number of nitrogens with zero attached hydrogens (tertiary/aromatic N) is 1. The zero-order chi connectivity index (χ0) is 15.5. The summed E-state index contributed by atoms with van der Waals surface area (Å²) in [5.41, 5.74) is 1.97. The first-order valence-corrected chi connectivity index (χ1v) is 6.78. The molecule has 3 aromatic rings. The van der Waals surface area contributed by atoms with Gasteiger partial charge in [0.25, 0.3) is 5.91 Å². The van der Waals surface area contributed by atoms with Crippen LogP contribution in [0.3, 0.4) is 0 Å². The maximum atomic E-state index is 12.5. The number of phenols is 1. The topological polar surface area (TPSA) is 75.4 Å². The fourth-order valence-electron chi connectivity index (χ4n) is 2.20. The lowest BCUT2D eigenvalue weighted by Gasteiger charge is -2.07. The van der Waals surface area contributed by atoms with Gasteiger partial charge in [-0.05, 0) is 19.1 Å². The van der Waals surface area contributed by atoms with Crippen LogP contribution in [0.4, 0.5) is 5.69 Å². The first kappa shape index (κ1) is 13.9. The van der Waals surface area contributed by atoms with Crippen molar-refractivity contribution in [3.8, 4) is 17.0 Å². The number of aromatic hydroxyl groups is 1. The smallest absolute Gasteiger partial charge is 0.261 e. The van der Waals surface area contributed by atoms with E-state index in [0.29, 0.717) is 22.7 Å². The summed E-state index contributed by atoms with van der Waals surface area (Å²) < 4.78 is 5.17. The Morgan fingerprint density at radius 1 is 1.09 bits per heavy atom. The van der Waals surface area contributed by atoms with Crippen LogP contribution in [-0.4, -0.2) is 16.2 Å². The molecular formula is C17H14N2O3. The van der Waals surface area contributed by atoms with Crippen LogP contribution in [0, 0.1) is 6.92 Å². The zero-order valence-electron chi connectivity index (χ0n) is 11.9. The van der Waals surface area contributed by atoms with E-state index in [1.165, 1.54) is 6.07 Å². The van der Waals surface area contributed by atoms with E-state index >= 15 is 0 Å². The molecule has 2 aromatic carbocycles. The van der Waals surface area contributed by atoms with Crippen molar-refractivity contribution in [1.29, 1.82) is 0 Å². The van der Waals surface area contributed by atoms with Crippen LogP contribution in [-0.2, 0) is 0 Å². The molecule has 2 N–H and O–H groups in total. The summed E-state index contributed by atoms with van der Waals surface area (Å²) in [6.45, 7) is 1.68. The third-order valence-corrected chi connectivity index (χ3v) is 3.29. The molecule has 1 heterocycles. The Morgan fingerprint density at radius 2 is 1.77 bits per heavy atom. The van der Waals surface area contributed by atoms with Gasteiger partial charge in [-0.3, -0.25) is 4.79 Å². The van der Waals surface area contributed by atoms with Gasteiger partial charge in [-0.2, -0.15) is 0 Å². The van der Waals surface area contributed by atoms with Crippen molar-refractivity contribution in [3.05, 3.63) is 65.9 Å². The van der Waals surface area contributed by atoms with E-state index in [9.17, 15) is 9.90 Å². The molecule has 0 aliphatic rings. The first-order valence-electron chi connectivity index (χ1n) is 6.78. The molecule has 22 heavy (non-hydrogen) atoms. The van der Waals surface area contributed by atoms with Crippen LogP contribution in [0.2, 0.25) is 0 Å². The van der Waals surface area contributed by atoms with E-state index in [-0.39, 0.29) is 11.7 Å². The average molecular weight is 294 g/mol. The lowest BCUT2D eigenvalue weighted by atomic mass is 10.1. The van der Waals surface area contributed by atoms with Crippen molar-refractivity contribution in [2.45, 2.75) is 6.92 Å². The van der Waals surface area contributed by atoms with E-state index in [1.807, 2.05) is 30.3 Å². The summed E-state index contributed by atoms with van der Waals surface area (Å²) in [5, 5.41) is 16.4. The highest BCUT2D eigenvalue weighted by molar-refractivity contribution is 6.09. The van der Waals surface area contributed by atoms with Crippen molar-refractivity contribution in [2.75, 3.05) is 5.32 Å². The minimum Gasteiger partial charge on any atom is -0.506 e. The second kappa shape index (κ2) is 5.73. The Balaban J connectivity index is 1.97. The molecule has 3 rings (SSSR count). The molecule has 5 heteroatoms. The van der Waals surface area contributed by atoms with E-state index in [0.717, 1.165) is 5.56 Å².